The summed E-state index contributed by atoms with van der Waals surface area (Å²) in [5, 5.41) is 11.8. The van der Waals surface area contributed by atoms with Crippen molar-refractivity contribution in [3.05, 3.63) is 29.8 Å². The Morgan fingerprint density at radius 3 is 2.94 bits per heavy atom. The van der Waals surface area contributed by atoms with Gasteiger partial charge in [0.05, 0.1) is 13.0 Å². The lowest BCUT2D eigenvalue weighted by Gasteiger charge is -2.13. The van der Waals surface area contributed by atoms with Gasteiger partial charge in [-0.3, -0.25) is 4.79 Å². The maximum absolute atomic E-state index is 10.5. The fraction of sp³-hybridized carbons (Fsp3) is 0.417. The first-order valence-electron chi connectivity index (χ1n) is 5.18. The molecule has 4 heteroatoms. The van der Waals surface area contributed by atoms with E-state index >= 15 is 0 Å². The smallest absolute Gasteiger partial charge is 0.305 e. The molecule has 0 bridgehead atoms. The van der Waals surface area contributed by atoms with Crippen LogP contribution in [0.2, 0.25) is 0 Å². The van der Waals surface area contributed by atoms with Gasteiger partial charge in [0, 0.05) is 18.8 Å². The van der Waals surface area contributed by atoms with Gasteiger partial charge in [-0.2, -0.15) is 0 Å². The van der Waals surface area contributed by atoms with Crippen LogP contribution in [-0.2, 0) is 16.1 Å². The molecular weight excluding hydrogens is 206 g/mol. The summed E-state index contributed by atoms with van der Waals surface area (Å²) in [7, 11) is 1.65. The summed E-state index contributed by atoms with van der Waals surface area (Å²) in [6, 6.07) is 7.68. The lowest BCUT2D eigenvalue weighted by molar-refractivity contribution is -0.137. The van der Waals surface area contributed by atoms with Crippen molar-refractivity contribution < 1.29 is 14.6 Å². The number of benzene rings is 1. The molecule has 0 aliphatic heterocycles. The number of carboxylic acids is 1. The molecule has 0 spiro atoms. The van der Waals surface area contributed by atoms with Crippen LogP contribution in [0.5, 0.6) is 0 Å². The number of rotatable bonds is 6. The van der Waals surface area contributed by atoms with Crippen LogP contribution in [0.25, 0.3) is 0 Å². The Kier molecular flexibility index (Phi) is 4.79. The van der Waals surface area contributed by atoms with E-state index in [9.17, 15) is 4.79 Å². The fourth-order valence-electron chi connectivity index (χ4n) is 1.52. The minimum absolute atomic E-state index is 0.0877. The van der Waals surface area contributed by atoms with Crippen molar-refractivity contribution in [1.29, 1.82) is 0 Å². The van der Waals surface area contributed by atoms with Crippen molar-refractivity contribution in [3.8, 4) is 0 Å². The third kappa shape index (κ3) is 4.31. The minimum Gasteiger partial charge on any atom is -0.481 e. The highest BCUT2D eigenvalue weighted by Gasteiger charge is 2.07. The molecule has 0 amide bonds. The van der Waals surface area contributed by atoms with Crippen molar-refractivity contribution >= 4 is 11.7 Å². The second-order valence-corrected chi connectivity index (χ2v) is 3.78. The summed E-state index contributed by atoms with van der Waals surface area (Å²) in [5.41, 5.74) is 1.98. The van der Waals surface area contributed by atoms with Gasteiger partial charge in [-0.1, -0.05) is 12.1 Å². The molecule has 0 aliphatic rings. The summed E-state index contributed by atoms with van der Waals surface area (Å²) >= 11 is 0. The Hall–Kier alpha value is -1.55. The van der Waals surface area contributed by atoms with Gasteiger partial charge < -0.3 is 15.2 Å². The zero-order valence-corrected chi connectivity index (χ0v) is 9.56. The van der Waals surface area contributed by atoms with Crippen LogP contribution < -0.4 is 5.32 Å². The first-order chi connectivity index (χ1) is 7.61. The van der Waals surface area contributed by atoms with Crippen LogP contribution in [0.15, 0.2) is 24.3 Å². The van der Waals surface area contributed by atoms with Crippen molar-refractivity contribution in [2.45, 2.75) is 26.0 Å². The van der Waals surface area contributed by atoms with E-state index in [0.717, 1.165) is 11.3 Å². The molecule has 16 heavy (non-hydrogen) atoms. The molecule has 0 saturated heterocycles. The van der Waals surface area contributed by atoms with E-state index in [1.165, 1.54) is 0 Å². The number of anilines is 1. The van der Waals surface area contributed by atoms with Crippen LogP contribution in [0.3, 0.4) is 0 Å². The molecule has 4 nitrogen and oxygen atoms in total. The highest BCUT2D eigenvalue weighted by molar-refractivity contribution is 5.68. The fourth-order valence-corrected chi connectivity index (χ4v) is 1.52. The third-order valence-corrected chi connectivity index (χ3v) is 2.13. The first kappa shape index (κ1) is 12.5. The average molecular weight is 223 g/mol. The Labute approximate surface area is 95.2 Å². The van der Waals surface area contributed by atoms with Crippen molar-refractivity contribution in [2.75, 3.05) is 12.4 Å². The Balaban J connectivity index is 2.59. The van der Waals surface area contributed by atoms with Gasteiger partial charge >= 0.3 is 5.97 Å². The Bertz CT molecular complexity index is 352. The van der Waals surface area contributed by atoms with E-state index in [-0.39, 0.29) is 12.5 Å². The van der Waals surface area contributed by atoms with Gasteiger partial charge in [0.1, 0.15) is 0 Å². The van der Waals surface area contributed by atoms with Gasteiger partial charge in [0.2, 0.25) is 0 Å². The van der Waals surface area contributed by atoms with Gasteiger partial charge in [-0.15, -0.1) is 0 Å². The van der Waals surface area contributed by atoms with Crippen LogP contribution in [0, 0.1) is 0 Å². The van der Waals surface area contributed by atoms with Crippen molar-refractivity contribution in [2.24, 2.45) is 0 Å². The molecule has 0 fully saturated rings. The standard InChI is InChI=1S/C12H17NO3/c1-9(6-12(14)15)13-11-5-3-4-10(7-11)8-16-2/h3-5,7,9,13H,6,8H2,1-2H3,(H,14,15). The summed E-state index contributed by atoms with van der Waals surface area (Å²) in [6.45, 7) is 2.40. The van der Waals surface area contributed by atoms with E-state index in [4.69, 9.17) is 9.84 Å². The minimum atomic E-state index is -0.798. The van der Waals surface area contributed by atoms with Crippen LogP contribution in [-0.4, -0.2) is 24.2 Å². The molecule has 1 unspecified atom stereocenters. The monoisotopic (exact) mass is 223 g/mol. The van der Waals surface area contributed by atoms with Crippen LogP contribution in [0.4, 0.5) is 5.69 Å². The highest BCUT2D eigenvalue weighted by atomic mass is 16.5. The predicted molar refractivity (Wildman–Crippen MR) is 62.5 cm³/mol. The lowest BCUT2D eigenvalue weighted by Crippen LogP contribution is -2.19. The predicted octanol–water partition coefficient (Wildman–Crippen LogP) is 2.11. The molecule has 1 rings (SSSR count). The highest BCUT2D eigenvalue weighted by Crippen LogP contribution is 2.13. The maximum Gasteiger partial charge on any atom is 0.305 e. The van der Waals surface area contributed by atoms with E-state index in [2.05, 4.69) is 5.32 Å². The number of aliphatic carboxylic acids is 1. The second-order valence-electron chi connectivity index (χ2n) is 3.78. The molecule has 0 radical (unpaired) electrons. The lowest BCUT2D eigenvalue weighted by atomic mass is 10.2. The van der Waals surface area contributed by atoms with E-state index in [1.54, 1.807) is 7.11 Å². The number of carbonyl (C=O) groups is 1. The molecular formula is C12H17NO3. The van der Waals surface area contributed by atoms with Gasteiger partial charge in [-0.25, -0.2) is 0 Å². The van der Waals surface area contributed by atoms with Crippen LogP contribution >= 0.6 is 0 Å². The van der Waals surface area contributed by atoms with E-state index < -0.39 is 5.97 Å². The molecule has 88 valence electrons. The Morgan fingerprint density at radius 2 is 2.31 bits per heavy atom. The molecule has 1 aromatic carbocycles. The van der Waals surface area contributed by atoms with Gasteiger partial charge in [0.15, 0.2) is 0 Å². The molecule has 0 aromatic heterocycles. The number of hydrogen-bond donors (Lipinski definition) is 2. The topological polar surface area (TPSA) is 58.6 Å². The quantitative estimate of drug-likeness (QED) is 0.775. The normalized spacial score (nSPS) is 12.1. The molecule has 0 heterocycles. The zero-order valence-electron chi connectivity index (χ0n) is 9.56. The Morgan fingerprint density at radius 1 is 1.56 bits per heavy atom. The molecule has 1 aromatic rings. The van der Waals surface area contributed by atoms with Gasteiger partial charge in [0.25, 0.3) is 0 Å². The third-order valence-electron chi connectivity index (χ3n) is 2.13. The van der Waals surface area contributed by atoms with Crippen molar-refractivity contribution in [3.63, 3.8) is 0 Å². The molecule has 2 N–H and O–H groups in total. The number of methoxy groups -OCH3 is 1. The average Bonchev–Trinajstić information content (AvgIpc) is 2.17. The van der Waals surface area contributed by atoms with Crippen molar-refractivity contribution in [1.82, 2.24) is 0 Å². The number of hydrogen-bond acceptors (Lipinski definition) is 3. The first-order valence-corrected chi connectivity index (χ1v) is 5.18. The number of carboxylic acid groups (broad SMARTS) is 1. The van der Waals surface area contributed by atoms with E-state index in [1.807, 2.05) is 31.2 Å². The molecule has 0 aliphatic carbocycles. The summed E-state index contributed by atoms with van der Waals surface area (Å²) < 4.78 is 5.03. The SMILES string of the molecule is COCc1cccc(NC(C)CC(=O)O)c1. The van der Waals surface area contributed by atoms with E-state index in [0.29, 0.717) is 6.61 Å². The summed E-state index contributed by atoms with van der Waals surface area (Å²) in [5.74, 6) is -0.798. The number of nitrogens with one attached hydrogen (secondary N) is 1. The van der Waals surface area contributed by atoms with Crippen LogP contribution in [0.1, 0.15) is 18.9 Å². The summed E-state index contributed by atoms with van der Waals surface area (Å²) in [4.78, 5) is 10.5. The van der Waals surface area contributed by atoms with Gasteiger partial charge in [-0.05, 0) is 24.6 Å². The maximum atomic E-state index is 10.5. The largest absolute Gasteiger partial charge is 0.481 e. The number of ether oxygens (including phenoxy) is 1. The summed E-state index contributed by atoms with van der Waals surface area (Å²) in [6.07, 6.45) is 0.106. The zero-order chi connectivity index (χ0) is 12.0. The molecule has 0 saturated carbocycles. The molecule has 1 atom stereocenters. The second kappa shape index (κ2) is 6.12.